The van der Waals surface area contributed by atoms with Crippen molar-refractivity contribution in [3.63, 3.8) is 0 Å². The van der Waals surface area contributed by atoms with Crippen LogP contribution in [0.1, 0.15) is 47.3 Å². The van der Waals surface area contributed by atoms with Gasteiger partial charge in [-0.05, 0) is 56.7 Å². The number of aryl methyl sites for hydroxylation is 1. The van der Waals surface area contributed by atoms with Crippen molar-refractivity contribution in [2.75, 3.05) is 16.8 Å². The molecule has 1 N–H and O–H groups in total. The zero-order chi connectivity index (χ0) is 22.5. The van der Waals surface area contributed by atoms with Gasteiger partial charge in [0, 0.05) is 22.2 Å². The molecule has 8 heteroatoms. The van der Waals surface area contributed by atoms with Crippen LogP contribution in [0.3, 0.4) is 0 Å². The van der Waals surface area contributed by atoms with Crippen LogP contribution in [0.5, 0.6) is 0 Å². The molecule has 3 saturated heterocycles. The maximum atomic E-state index is 14.1. The number of fused-ring (bicyclic) bond motifs is 8. The zero-order valence-electron chi connectivity index (χ0n) is 18.0. The van der Waals surface area contributed by atoms with E-state index in [0.29, 0.717) is 17.1 Å². The number of anilines is 2. The number of nitriles is 1. The van der Waals surface area contributed by atoms with Crippen molar-refractivity contribution in [1.82, 2.24) is 4.90 Å². The maximum Gasteiger partial charge on any atom is 0.250 e. The van der Waals surface area contributed by atoms with E-state index in [1.165, 1.54) is 16.2 Å². The minimum absolute atomic E-state index is 0.145. The van der Waals surface area contributed by atoms with Gasteiger partial charge in [0.1, 0.15) is 16.6 Å². The Bertz CT molecular complexity index is 1310. The van der Waals surface area contributed by atoms with Crippen LogP contribution in [-0.2, 0) is 32.8 Å². The fourth-order valence-corrected chi connectivity index (χ4v) is 8.53. The first-order valence-electron chi connectivity index (χ1n) is 11.7. The van der Waals surface area contributed by atoms with E-state index >= 15 is 0 Å². The average Bonchev–Trinajstić information content (AvgIpc) is 3.58. The summed E-state index contributed by atoms with van der Waals surface area (Å²) in [5.41, 5.74) is 1.83. The topological polar surface area (TPSA) is 93.5 Å². The van der Waals surface area contributed by atoms with Crippen molar-refractivity contribution in [2.24, 2.45) is 11.8 Å². The van der Waals surface area contributed by atoms with E-state index in [9.17, 15) is 19.6 Å². The lowest BCUT2D eigenvalue weighted by molar-refractivity contribution is -0.135. The first-order valence-corrected chi connectivity index (χ1v) is 12.5. The highest BCUT2D eigenvalue weighted by Gasteiger charge is 2.74. The third kappa shape index (κ3) is 2.15. The summed E-state index contributed by atoms with van der Waals surface area (Å²) in [5.74, 6) is -2.13. The maximum absolute atomic E-state index is 14.1. The second kappa shape index (κ2) is 6.52. The number of carbonyl (C=O) groups is 3. The Morgan fingerprint density at radius 2 is 1.91 bits per heavy atom. The Hall–Kier alpha value is -3.02. The SMILES string of the molecule is N#Cc1c(N2C(=O)C3C4CCCN4C4(C(=O)Nc5ccccc54)C3C2=O)sc2c1CCCC2. The number of nitrogens with one attached hydrogen (secondary N) is 1. The Morgan fingerprint density at radius 3 is 2.76 bits per heavy atom. The molecule has 1 aromatic carbocycles. The Morgan fingerprint density at radius 1 is 1.09 bits per heavy atom. The molecule has 0 saturated carbocycles. The third-order valence-corrected chi connectivity index (χ3v) is 9.64. The molecular weight excluding hydrogens is 436 g/mol. The number of rotatable bonds is 1. The number of hydrogen-bond acceptors (Lipinski definition) is 6. The van der Waals surface area contributed by atoms with Gasteiger partial charge in [-0.2, -0.15) is 5.26 Å². The van der Waals surface area contributed by atoms with Crippen LogP contribution in [0.15, 0.2) is 24.3 Å². The normalized spacial score (nSPS) is 32.0. The van der Waals surface area contributed by atoms with Crippen LogP contribution in [0.25, 0.3) is 0 Å². The van der Waals surface area contributed by atoms with Gasteiger partial charge in [-0.25, -0.2) is 4.90 Å². The van der Waals surface area contributed by atoms with Crippen LogP contribution in [0.2, 0.25) is 0 Å². The van der Waals surface area contributed by atoms with Gasteiger partial charge in [0.05, 0.1) is 17.4 Å². The summed E-state index contributed by atoms with van der Waals surface area (Å²) in [6.07, 6.45) is 5.45. The molecule has 0 bridgehead atoms. The van der Waals surface area contributed by atoms with E-state index < -0.39 is 17.4 Å². The first-order chi connectivity index (χ1) is 16.1. The molecule has 5 heterocycles. The molecule has 33 heavy (non-hydrogen) atoms. The summed E-state index contributed by atoms with van der Waals surface area (Å²) in [5, 5.41) is 13.4. The second-order valence-corrected chi connectivity index (χ2v) is 10.8. The number of benzene rings is 1. The molecular formula is C25H22N4O3S. The molecule has 3 fully saturated rings. The van der Waals surface area contributed by atoms with Gasteiger partial charge in [0.2, 0.25) is 17.7 Å². The van der Waals surface area contributed by atoms with Gasteiger partial charge >= 0.3 is 0 Å². The minimum atomic E-state index is -1.16. The summed E-state index contributed by atoms with van der Waals surface area (Å²) >= 11 is 1.42. The highest BCUT2D eigenvalue weighted by atomic mass is 32.1. The quantitative estimate of drug-likeness (QED) is 0.664. The number of imide groups is 1. The molecule has 2 aromatic rings. The van der Waals surface area contributed by atoms with E-state index in [1.54, 1.807) is 0 Å². The van der Waals surface area contributed by atoms with Crippen LogP contribution in [0, 0.1) is 23.2 Å². The predicted octanol–water partition coefficient (Wildman–Crippen LogP) is 2.93. The average molecular weight is 459 g/mol. The van der Waals surface area contributed by atoms with Gasteiger partial charge in [0.15, 0.2) is 0 Å². The molecule has 1 spiro atoms. The molecule has 4 aliphatic heterocycles. The fraction of sp³-hybridized carbons (Fsp3) is 0.440. The monoisotopic (exact) mass is 458 g/mol. The summed E-state index contributed by atoms with van der Waals surface area (Å²) in [7, 11) is 0. The lowest BCUT2D eigenvalue weighted by atomic mass is 9.75. The number of thiophene rings is 1. The van der Waals surface area contributed by atoms with Gasteiger partial charge in [-0.15, -0.1) is 11.3 Å². The van der Waals surface area contributed by atoms with Crippen LogP contribution in [0.4, 0.5) is 10.7 Å². The number of hydrogen-bond donors (Lipinski definition) is 1. The van der Waals surface area contributed by atoms with Crippen molar-refractivity contribution in [3.05, 3.63) is 45.8 Å². The second-order valence-electron chi connectivity index (χ2n) is 9.69. The highest BCUT2D eigenvalue weighted by molar-refractivity contribution is 7.17. The summed E-state index contributed by atoms with van der Waals surface area (Å²) in [4.78, 5) is 46.2. The molecule has 4 unspecified atom stereocenters. The van der Waals surface area contributed by atoms with Crippen LogP contribution < -0.4 is 10.2 Å². The largest absolute Gasteiger partial charge is 0.324 e. The summed E-state index contributed by atoms with van der Waals surface area (Å²) in [6.45, 7) is 0.691. The van der Waals surface area contributed by atoms with E-state index in [0.717, 1.165) is 60.2 Å². The van der Waals surface area contributed by atoms with Gasteiger partial charge in [-0.3, -0.25) is 19.3 Å². The molecule has 1 aliphatic carbocycles. The van der Waals surface area contributed by atoms with Crippen molar-refractivity contribution < 1.29 is 14.4 Å². The lowest BCUT2D eigenvalue weighted by Crippen LogP contribution is -2.54. The van der Waals surface area contributed by atoms with Crippen molar-refractivity contribution in [3.8, 4) is 6.07 Å². The molecule has 5 aliphatic rings. The van der Waals surface area contributed by atoms with Crippen LogP contribution in [-0.4, -0.2) is 35.2 Å². The molecule has 7 rings (SSSR count). The van der Waals surface area contributed by atoms with E-state index in [4.69, 9.17) is 0 Å². The Balaban J connectivity index is 1.42. The van der Waals surface area contributed by atoms with Crippen LogP contribution >= 0.6 is 11.3 Å². The van der Waals surface area contributed by atoms with Crippen molar-refractivity contribution in [1.29, 1.82) is 5.26 Å². The third-order valence-electron chi connectivity index (χ3n) is 8.37. The van der Waals surface area contributed by atoms with E-state index in [1.807, 2.05) is 24.3 Å². The molecule has 166 valence electrons. The minimum Gasteiger partial charge on any atom is -0.324 e. The van der Waals surface area contributed by atoms with Gasteiger partial charge in [-0.1, -0.05) is 18.2 Å². The number of carbonyl (C=O) groups excluding carboxylic acids is 3. The summed E-state index contributed by atoms with van der Waals surface area (Å²) in [6, 6.07) is 9.68. The smallest absolute Gasteiger partial charge is 0.250 e. The fourth-order valence-electron chi connectivity index (χ4n) is 7.18. The molecule has 7 nitrogen and oxygen atoms in total. The molecule has 0 radical (unpaired) electrons. The lowest BCUT2D eigenvalue weighted by Gasteiger charge is -2.36. The number of nitrogens with zero attached hydrogens (tertiary/aromatic N) is 3. The highest BCUT2D eigenvalue weighted by Crippen LogP contribution is 2.61. The van der Waals surface area contributed by atoms with E-state index in [-0.39, 0.29) is 23.8 Å². The Kier molecular flexibility index (Phi) is 3.84. The van der Waals surface area contributed by atoms with Crippen molar-refractivity contribution in [2.45, 2.75) is 50.1 Å². The standard InChI is InChI=1S/C25H22N4O3S/c26-12-14-13-6-1-4-10-18(13)33-23(14)29-21(30)19-17-9-5-11-28(17)25(20(19)22(29)31)15-7-2-3-8-16(15)27-24(25)32/h2-3,7-8,17,19-20H,1,4-6,9-11H2,(H,27,32). The number of para-hydroxylation sites is 1. The van der Waals surface area contributed by atoms with E-state index in [2.05, 4.69) is 16.3 Å². The van der Waals surface area contributed by atoms with Gasteiger partial charge in [0.25, 0.3) is 0 Å². The van der Waals surface area contributed by atoms with Crippen molar-refractivity contribution >= 4 is 39.7 Å². The molecule has 3 amide bonds. The summed E-state index contributed by atoms with van der Waals surface area (Å²) < 4.78 is 0. The van der Waals surface area contributed by atoms with Gasteiger partial charge < -0.3 is 5.32 Å². The zero-order valence-corrected chi connectivity index (χ0v) is 18.8. The Labute approximate surface area is 195 Å². The molecule has 4 atom stereocenters. The first kappa shape index (κ1) is 19.4. The number of amides is 3. The molecule has 1 aromatic heterocycles. The predicted molar refractivity (Wildman–Crippen MR) is 122 cm³/mol.